The Balaban J connectivity index is 1.61. The van der Waals surface area contributed by atoms with Crippen LogP contribution in [-0.4, -0.2) is 54.7 Å². The van der Waals surface area contributed by atoms with Gasteiger partial charge in [0.2, 0.25) is 11.8 Å². The zero-order valence-corrected chi connectivity index (χ0v) is 17.8. The molecule has 2 heterocycles. The fraction of sp³-hybridized carbons (Fsp3) is 0.565. The second-order valence-corrected chi connectivity index (χ2v) is 7.66. The molecule has 6 nitrogen and oxygen atoms in total. The van der Waals surface area contributed by atoms with Gasteiger partial charge < -0.3 is 14.5 Å². The number of morpholine rings is 1. The Kier molecular flexibility index (Phi) is 7.83. The lowest BCUT2D eigenvalue weighted by Gasteiger charge is -2.38. The molecule has 1 fully saturated rings. The van der Waals surface area contributed by atoms with Crippen LogP contribution >= 0.6 is 0 Å². The molecule has 6 heteroatoms. The number of oxazole rings is 1. The molecule has 0 radical (unpaired) electrons. The van der Waals surface area contributed by atoms with Crippen molar-refractivity contribution in [2.24, 2.45) is 5.92 Å². The molecule has 3 rings (SSSR count). The number of aryl methyl sites for hydroxylation is 1. The van der Waals surface area contributed by atoms with Crippen molar-refractivity contribution in [1.29, 1.82) is 0 Å². The van der Waals surface area contributed by atoms with Crippen molar-refractivity contribution in [2.75, 3.05) is 32.8 Å². The van der Waals surface area contributed by atoms with E-state index in [1.165, 1.54) is 0 Å². The molecule has 0 saturated carbocycles. The molecule has 0 spiro atoms. The van der Waals surface area contributed by atoms with Crippen LogP contribution in [-0.2, 0) is 16.0 Å². The van der Waals surface area contributed by atoms with Gasteiger partial charge in [0, 0.05) is 31.2 Å². The molecule has 158 valence electrons. The number of ether oxygens (including phenoxy) is 1. The Labute approximate surface area is 173 Å². The first-order valence-electron chi connectivity index (χ1n) is 10.7. The smallest absolute Gasteiger partial charge is 0.226 e. The molecule has 0 aliphatic carbocycles. The maximum atomic E-state index is 12.7. The Bertz CT molecular complexity index is 765. The molecule has 1 N–H and O–H groups in total. The monoisotopic (exact) mass is 399 g/mol. The van der Waals surface area contributed by atoms with Crippen molar-refractivity contribution in [3.05, 3.63) is 41.8 Å². The molecule has 0 bridgehead atoms. The topological polar surface area (TPSA) is 67.6 Å². The fourth-order valence-corrected chi connectivity index (χ4v) is 4.07. The van der Waals surface area contributed by atoms with E-state index < -0.39 is 0 Å². The molecule has 1 aromatic heterocycles. The zero-order valence-electron chi connectivity index (χ0n) is 17.8. The highest BCUT2D eigenvalue weighted by atomic mass is 16.5. The Morgan fingerprint density at radius 1 is 1.17 bits per heavy atom. The molecular weight excluding hydrogens is 366 g/mol. The minimum absolute atomic E-state index is 0.00905. The van der Waals surface area contributed by atoms with Gasteiger partial charge in [0.15, 0.2) is 0 Å². The highest BCUT2D eigenvalue weighted by Crippen LogP contribution is 2.22. The number of carbonyl (C=O) groups is 1. The first-order chi connectivity index (χ1) is 14.1. The summed E-state index contributed by atoms with van der Waals surface area (Å²) in [7, 11) is 0. The quantitative estimate of drug-likeness (QED) is 0.700. The van der Waals surface area contributed by atoms with Crippen molar-refractivity contribution in [3.63, 3.8) is 0 Å². The summed E-state index contributed by atoms with van der Waals surface area (Å²) in [5, 5.41) is 3.15. The molecule has 1 saturated heterocycles. The van der Waals surface area contributed by atoms with E-state index in [0.29, 0.717) is 35.8 Å². The molecule has 2 aromatic rings. The lowest BCUT2D eigenvalue weighted by atomic mass is 9.92. The van der Waals surface area contributed by atoms with Gasteiger partial charge in [-0.3, -0.25) is 9.69 Å². The van der Waals surface area contributed by atoms with E-state index >= 15 is 0 Å². The Morgan fingerprint density at radius 3 is 2.52 bits per heavy atom. The molecule has 1 unspecified atom stereocenters. The van der Waals surface area contributed by atoms with Crippen LogP contribution < -0.4 is 5.32 Å². The third kappa shape index (κ3) is 5.67. The lowest BCUT2D eigenvalue weighted by Crippen LogP contribution is -2.52. The van der Waals surface area contributed by atoms with E-state index in [0.717, 1.165) is 44.7 Å². The zero-order chi connectivity index (χ0) is 20.6. The van der Waals surface area contributed by atoms with E-state index in [1.54, 1.807) is 0 Å². The summed E-state index contributed by atoms with van der Waals surface area (Å²) < 4.78 is 11.3. The molecule has 1 aliphatic heterocycles. The van der Waals surface area contributed by atoms with Crippen LogP contribution in [0, 0.1) is 12.8 Å². The Hall–Kier alpha value is -2.18. The van der Waals surface area contributed by atoms with E-state index in [2.05, 4.69) is 29.0 Å². The highest BCUT2D eigenvalue weighted by Gasteiger charge is 2.27. The van der Waals surface area contributed by atoms with Crippen LogP contribution in [0.15, 0.2) is 34.7 Å². The molecule has 29 heavy (non-hydrogen) atoms. The van der Waals surface area contributed by atoms with Crippen molar-refractivity contribution in [3.8, 4) is 11.5 Å². The van der Waals surface area contributed by atoms with Gasteiger partial charge in [-0.25, -0.2) is 4.98 Å². The number of rotatable bonds is 9. The predicted octanol–water partition coefficient (Wildman–Crippen LogP) is 3.45. The average Bonchev–Trinajstić information content (AvgIpc) is 3.12. The van der Waals surface area contributed by atoms with Gasteiger partial charge in [0.05, 0.1) is 25.3 Å². The van der Waals surface area contributed by atoms with Crippen LogP contribution in [0.1, 0.15) is 38.1 Å². The van der Waals surface area contributed by atoms with Crippen molar-refractivity contribution in [1.82, 2.24) is 15.2 Å². The minimum atomic E-state index is -0.00905. The molecule has 1 atom stereocenters. The fourth-order valence-electron chi connectivity index (χ4n) is 4.07. The van der Waals surface area contributed by atoms with E-state index in [1.807, 2.05) is 37.3 Å². The molecule has 1 amide bonds. The van der Waals surface area contributed by atoms with Crippen LogP contribution in [0.5, 0.6) is 0 Å². The maximum Gasteiger partial charge on any atom is 0.226 e. The van der Waals surface area contributed by atoms with Crippen LogP contribution in [0.2, 0.25) is 0 Å². The number of nitrogens with one attached hydrogen (secondary N) is 1. The maximum absolute atomic E-state index is 12.7. The molecular formula is C23H33N3O3. The summed E-state index contributed by atoms with van der Waals surface area (Å²) in [5.41, 5.74) is 1.62. The van der Waals surface area contributed by atoms with E-state index in [4.69, 9.17) is 9.15 Å². The van der Waals surface area contributed by atoms with Gasteiger partial charge in [-0.05, 0) is 25.0 Å². The van der Waals surface area contributed by atoms with E-state index in [-0.39, 0.29) is 12.3 Å². The number of nitrogens with zero attached hydrogens (tertiary/aromatic N) is 2. The molecule has 1 aliphatic rings. The lowest BCUT2D eigenvalue weighted by molar-refractivity contribution is -0.121. The summed E-state index contributed by atoms with van der Waals surface area (Å²) in [6, 6.07) is 10.1. The van der Waals surface area contributed by atoms with Gasteiger partial charge in [-0.2, -0.15) is 0 Å². The number of hydrogen-bond donors (Lipinski definition) is 1. The summed E-state index contributed by atoms with van der Waals surface area (Å²) in [5.74, 6) is 1.81. The minimum Gasteiger partial charge on any atom is -0.441 e. The third-order valence-corrected chi connectivity index (χ3v) is 5.86. The Morgan fingerprint density at radius 2 is 1.86 bits per heavy atom. The van der Waals surface area contributed by atoms with Crippen LogP contribution in [0.25, 0.3) is 11.5 Å². The van der Waals surface area contributed by atoms with Crippen molar-refractivity contribution < 1.29 is 13.9 Å². The number of hydrogen-bond acceptors (Lipinski definition) is 5. The van der Waals surface area contributed by atoms with Gasteiger partial charge >= 0.3 is 0 Å². The first kappa shape index (κ1) is 21.5. The summed E-state index contributed by atoms with van der Waals surface area (Å²) in [4.78, 5) is 19.7. The van der Waals surface area contributed by atoms with E-state index in [9.17, 15) is 4.79 Å². The highest BCUT2D eigenvalue weighted by molar-refractivity contribution is 5.78. The standard InChI is InChI=1S/C23H33N3O3/c1-4-18(5-2)21(26-11-13-28-14-12-26)16-24-22(27)15-20-17(3)29-23(25-20)19-9-7-6-8-10-19/h6-10,18,21H,4-5,11-16H2,1-3H3,(H,24,27). The second-order valence-electron chi connectivity index (χ2n) is 7.66. The SMILES string of the molecule is CCC(CC)C(CNC(=O)Cc1nc(-c2ccccc2)oc1C)N1CCOCC1. The number of benzene rings is 1. The normalized spacial score (nSPS) is 16.1. The third-order valence-electron chi connectivity index (χ3n) is 5.86. The largest absolute Gasteiger partial charge is 0.441 e. The summed E-state index contributed by atoms with van der Waals surface area (Å²) in [6.07, 6.45) is 2.45. The number of aromatic nitrogens is 1. The van der Waals surface area contributed by atoms with Gasteiger partial charge in [0.25, 0.3) is 0 Å². The summed E-state index contributed by atoms with van der Waals surface area (Å²) >= 11 is 0. The van der Waals surface area contributed by atoms with Crippen LogP contribution in [0.4, 0.5) is 0 Å². The van der Waals surface area contributed by atoms with Gasteiger partial charge in [-0.15, -0.1) is 0 Å². The number of amides is 1. The summed E-state index contributed by atoms with van der Waals surface area (Å²) in [6.45, 7) is 10.4. The van der Waals surface area contributed by atoms with Gasteiger partial charge in [-0.1, -0.05) is 44.9 Å². The van der Waals surface area contributed by atoms with Crippen LogP contribution in [0.3, 0.4) is 0 Å². The number of carbonyl (C=O) groups excluding carboxylic acids is 1. The average molecular weight is 400 g/mol. The first-order valence-corrected chi connectivity index (χ1v) is 10.7. The van der Waals surface area contributed by atoms with Crippen molar-refractivity contribution >= 4 is 5.91 Å². The van der Waals surface area contributed by atoms with Gasteiger partial charge in [0.1, 0.15) is 5.76 Å². The molecule has 1 aromatic carbocycles. The second kappa shape index (κ2) is 10.6. The van der Waals surface area contributed by atoms with Crippen molar-refractivity contribution in [2.45, 2.75) is 46.1 Å². The predicted molar refractivity (Wildman–Crippen MR) is 114 cm³/mol.